The van der Waals surface area contributed by atoms with E-state index in [0.717, 1.165) is 33.5 Å². The fourth-order valence-electron chi connectivity index (χ4n) is 2.49. The van der Waals surface area contributed by atoms with Gasteiger partial charge in [0, 0.05) is 16.0 Å². The molecule has 0 atom stereocenters. The third kappa shape index (κ3) is 2.83. The number of halogens is 1. The largest absolute Gasteiger partial charge is 0.497 e. The van der Waals surface area contributed by atoms with E-state index in [0.29, 0.717) is 5.02 Å². The Hall–Kier alpha value is -2.32. The third-order valence-corrected chi connectivity index (χ3v) is 3.83. The van der Waals surface area contributed by atoms with Crippen molar-refractivity contribution in [3.63, 3.8) is 0 Å². The van der Waals surface area contributed by atoms with E-state index in [9.17, 15) is 0 Å². The Morgan fingerprint density at radius 2 is 1.91 bits per heavy atom. The number of benzene rings is 2. The minimum atomic E-state index is 0.695. The molecule has 1 heterocycles. The Morgan fingerprint density at radius 3 is 2.68 bits per heavy atom. The van der Waals surface area contributed by atoms with Crippen LogP contribution in [-0.2, 0) is 0 Å². The molecule has 0 aliphatic rings. The maximum Gasteiger partial charge on any atom is 0.119 e. The molecule has 1 aromatic heterocycles. The van der Waals surface area contributed by atoms with Gasteiger partial charge in [-0.25, -0.2) is 4.98 Å². The van der Waals surface area contributed by atoms with Crippen LogP contribution in [0.5, 0.6) is 5.75 Å². The van der Waals surface area contributed by atoms with Gasteiger partial charge in [-0.2, -0.15) is 0 Å². The van der Waals surface area contributed by atoms with E-state index in [1.54, 1.807) is 7.11 Å². The van der Waals surface area contributed by atoms with E-state index in [1.807, 2.05) is 49.4 Å². The van der Waals surface area contributed by atoms with Gasteiger partial charge in [-0.3, -0.25) is 0 Å². The molecule has 0 bridgehead atoms. The van der Waals surface area contributed by atoms with E-state index in [4.69, 9.17) is 21.3 Å². The zero-order chi connectivity index (χ0) is 15.5. The van der Waals surface area contributed by atoms with Crippen LogP contribution >= 0.6 is 11.6 Å². The first-order chi connectivity index (χ1) is 10.7. The molecule has 3 rings (SSSR count). The summed E-state index contributed by atoms with van der Waals surface area (Å²) in [5.74, 6) is 0.834. The SMILES string of the molecule is C/C=C(\c1cccc(OC)c1)c1ccc2ccc(Cl)cc2n1. The van der Waals surface area contributed by atoms with Crippen molar-refractivity contribution in [2.24, 2.45) is 0 Å². The number of pyridine rings is 1. The molecule has 0 fully saturated rings. The van der Waals surface area contributed by atoms with Crippen LogP contribution in [-0.4, -0.2) is 12.1 Å². The lowest BCUT2D eigenvalue weighted by atomic mass is 10.0. The number of fused-ring (bicyclic) bond motifs is 1. The molecule has 0 spiro atoms. The van der Waals surface area contributed by atoms with Gasteiger partial charge >= 0.3 is 0 Å². The van der Waals surface area contributed by atoms with Crippen LogP contribution in [0.2, 0.25) is 5.02 Å². The van der Waals surface area contributed by atoms with Gasteiger partial charge in [-0.15, -0.1) is 0 Å². The summed E-state index contributed by atoms with van der Waals surface area (Å²) in [4.78, 5) is 4.75. The first-order valence-corrected chi connectivity index (χ1v) is 7.46. The lowest BCUT2D eigenvalue weighted by Gasteiger charge is -2.10. The molecule has 3 heteroatoms. The summed E-state index contributed by atoms with van der Waals surface area (Å²) in [6.45, 7) is 2.01. The first kappa shape index (κ1) is 14.6. The summed E-state index contributed by atoms with van der Waals surface area (Å²) in [5, 5.41) is 1.77. The number of ether oxygens (including phenoxy) is 1. The Kier molecular flexibility index (Phi) is 4.12. The number of hydrogen-bond acceptors (Lipinski definition) is 2. The molecular weight excluding hydrogens is 294 g/mol. The fourth-order valence-corrected chi connectivity index (χ4v) is 2.66. The molecular formula is C19H16ClNO. The highest BCUT2D eigenvalue weighted by atomic mass is 35.5. The summed E-state index contributed by atoms with van der Waals surface area (Å²) < 4.78 is 5.31. The molecule has 0 aliphatic carbocycles. The van der Waals surface area contributed by atoms with Gasteiger partial charge < -0.3 is 4.74 Å². The topological polar surface area (TPSA) is 22.1 Å². The summed E-state index contributed by atoms with van der Waals surface area (Å²) >= 11 is 6.07. The minimum absolute atomic E-state index is 0.695. The monoisotopic (exact) mass is 309 g/mol. The molecule has 110 valence electrons. The lowest BCUT2D eigenvalue weighted by molar-refractivity contribution is 0.414. The van der Waals surface area contributed by atoms with Crippen molar-refractivity contribution in [3.8, 4) is 5.75 Å². The van der Waals surface area contributed by atoms with Gasteiger partial charge in [0.05, 0.1) is 18.3 Å². The van der Waals surface area contributed by atoms with Crippen molar-refractivity contribution in [3.05, 3.63) is 77.0 Å². The van der Waals surface area contributed by atoms with Gasteiger partial charge in [0.2, 0.25) is 0 Å². The van der Waals surface area contributed by atoms with Crippen molar-refractivity contribution in [1.29, 1.82) is 0 Å². The molecule has 0 unspecified atom stereocenters. The van der Waals surface area contributed by atoms with Crippen molar-refractivity contribution in [2.75, 3.05) is 7.11 Å². The number of hydrogen-bond donors (Lipinski definition) is 0. The van der Waals surface area contributed by atoms with Crippen molar-refractivity contribution < 1.29 is 4.74 Å². The van der Waals surface area contributed by atoms with Gasteiger partial charge in [0.15, 0.2) is 0 Å². The molecule has 22 heavy (non-hydrogen) atoms. The summed E-state index contributed by atoms with van der Waals surface area (Å²) in [6.07, 6.45) is 2.06. The van der Waals surface area contributed by atoms with E-state index in [2.05, 4.69) is 18.2 Å². The molecule has 0 amide bonds. The highest BCUT2D eigenvalue weighted by Crippen LogP contribution is 2.27. The zero-order valence-electron chi connectivity index (χ0n) is 12.5. The number of methoxy groups -OCH3 is 1. The molecule has 0 radical (unpaired) electrons. The van der Waals surface area contributed by atoms with Crippen LogP contribution in [0.15, 0.2) is 60.7 Å². The van der Waals surface area contributed by atoms with Crippen LogP contribution in [0.25, 0.3) is 16.5 Å². The Morgan fingerprint density at radius 1 is 1.09 bits per heavy atom. The second kappa shape index (κ2) is 6.20. The quantitative estimate of drug-likeness (QED) is 0.650. The Bertz CT molecular complexity index is 855. The highest BCUT2D eigenvalue weighted by Gasteiger charge is 2.08. The van der Waals surface area contributed by atoms with Crippen molar-refractivity contribution in [2.45, 2.75) is 6.92 Å². The second-order valence-electron chi connectivity index (χ2n) is 4.97. The molecule has 0 N–H and O–H groups in total. The van der Waals surface area contributed by atoms with Gasteiger partial charge in [-0.1, -0.05) is 41.9 Å². The first-order valence-electron chi connectivity index (χ1n) is 7.08. The normalized spacial score (nSPS) is 11.7. The average molecular weight is 310 g/mol. The maximum absolute atomic E-state index is 6.07. The average Bonchev–Trinajstić information content (AvgIpc) is 2.55. The minimum Gasteiger partial charge on any atom is -0.497 e. The summed E-state index contributed by atoms with van der Waals surface area (Å²) in [6, 6.07) is 17.8. The Labute approximate surface area is 135 Å². The molecule has 0 saturated carbocycles. The van der Waals surface area contributed by atoms with Crippen LogP contribution < -0.4 is 4.74 Å². The lowest BCUT2D eigenvalue weighted by Crippen LogP contribution is -1.93. The number of aromatic nitrogens is 1. The van der Waals surface area contributed by atoms with Crippen molar-refractivity contribution >= 4 is 28.1 Å². The number of rotatable bonds is 3. The van der Waals surface area contributed by atoms with E-state index < -0.39 is 0 Å². The van der Waals surface area contributed by atoms with Gasteiger partial charge in [0.25, 0.3) is 0 Å². The standard InChI is InChI=1S/C19H16ClNO/c1-3-17(14-5-4-6-16(11-14)22-2)18-10-8-13-7-9-15(20)12-19(13)21-18/h3-12H,1-2H3/b17-3+. The van der Waals surface area contributed by atoms with Crippen molar-refractivity contribution in [1.82, 2.24) is 4.98 Å². The summed E-state index contributed by atoms with van der Waals surface area (Å²) in [5.41, 5.74) is 3.97. The number of nitrogens with zero attached hydrogens (tertiary/aromatic N) is 1. The van der Waals surface area contributed by atoms with E-state index in [-0.39, 0.29) is 0 Å². The Balaban J connectivity index is 2.10. The van der Waals surface area contributed by atoms with E-state index in [1.165, 1.54) is 0 Å². The fraction of sp³-hybridized carbons (Fsp3) is 0.105. The van der Waals surface area contributed by atoms with E-state index >= 15 is 0 Å². The van der Waals surface area contributed by atoms with Crippen LogP contribution in [0, 0.1) is 0 Å². The maximum atomic E-state index is 6.07. The predicted octanol–water partition coefficient (Wildman–Crippen LogP) is 5.35. The highest BCUT2D eigenvalue weighted by molar-refractivity contribution is 6.31. The molecule has 0 aliphatic heterocycles. The zero-order valence-corrected chi connectivity index (χ0v) is 13.3. The second-order valence-corrected chi connectivity index (χ2v) is 5.40. The molecule has 2 aromatic carbocycles. The third-order valence-electron chi connectivity index (χ3n) is 3.60. The predicted molar refractivity (Wildman–Crippen MR) is 92.5 cm³/mol. The van der Waals surface area contributed by atoms with Crippen LogP contribution in [0.1, 0.15) is 18.2 Å². The molecule has 0 saturated heterocycles. The molecule has 2 nitrogen and oxygen atoms in total. The number of allylic oxidation sites excluding steroid dienone is 1. The van der Waals surface area contributed by atoms with Gasteiger partial charge in [0.1, 0.15) is 5.75 Å². The molecule has 3 aromatic rings. The van der Waals surface area contributed by atoms with Crippen LogP contribution in [0.4, 0.5) is 0 Å². The van der Waals surface area contributed by atoms with Gasteiger partial charge in [-0.05, 0) is 42.8 Å². The summed E-state index contributed by atoms with van der Waals surface area (Å²) in [7, 11) is 1.67. The van der Waals surface area contributed by atoms with Crippen LogP contribution in [0.3, 0.4) is 0 Å². The smallest absolute Gasteiger partial charge is 0.119 e.